The predicted molar refractivity (Wildman–Crippen MR) is 179 cm³/mol. The summed E-state index contributed by atoms with van der Waals surface area (Å²) in [6.45, 7) is 9.57. The number of rotatable bonds is 9. The summed E-state index contributed by atoms with van der Waals surface area (Å²) in [7, 11) is 0. The SMILES string of the molecule is Cc1c2c(nn1CCN1CCOCC1)COCCCCn1c(C(O)O)c(CCCOc3cccc4ccccc34)c3cccc-2c31. The van der Waals surface area contributed by atoms with E-state index < -0.39 is 6.29 Å². The minimum atomic E-state index is -1.59. The van der Waals surface area contributed by atoms with Crippen molar-refractivity contribution in [1.82, 2.24) is 19.2 Å². The first kappa shape index (κ1) is 30.9. The number of nitrogens with zero attached hydrogens (tertiary/aromatic N) is 4. The van der Waals surface area contributed by atoms with E-state index in [1.165, 1.54) is 0 Å². The summed E-state index contributed by atoms with van der Waals surface area (Å²) in [6.07, 6.45) is 1.57. The number of hydrogen-bond acceptors (Lipinski definition) is 7. The molecule has 5 aromatic rings. The van der Waals surface area contributed by atoms with Crippen molar-refractivity contribution in [3.63, 3.8) is 0 Å². The monoisotopic (exact) mass is 624 g/mol. The Morgan fingerprint density at radius 3 is 2.54 bits per heavy atom. The number of aromatic nitrogens is 3. The lowest BCUT2D eigenvalue weighted by Gasteiger charge is -2.26. The molecule has 0 unspecified atom stereocenters. The molecular formula is C37H44N4O5. The maximum absolute atomic E-state index is 10.8. The highest BCUT2D eigenvalue weighted by Crippen LogP contribution is 2.40. The van der Waals surface area contributed by atoms with Crippen LogP contribution in [0.4, 0.5) is 0 Å². The molecule has 0 saturated carbocycles. The van der Waals surface area contributed by atoms with Crippen LogP contribution in [0.15, 0.2) is 60.7 Å². The van der Waals surface area contributed by atoms with Gasteiger partial charge in [-0.3, -0.25) is 9.58 Å². The van der Waals surface area contributed by atoms with Crippen molar-refractivity contribution < 1.29 is 24.4 Å². The van der Waals surface area contributed by atoms with Gasteiger partial charge in [0.15, 0.2) is 6.29 Å². The zero-order valence-corrected chi connectivity index (χ0v) is 26.7. The van der Waals surface area contributed by atoms with Crippen molar-refractivity contribution in [2.75, 3.05) is 46.1 Å². The summed E-state index contributed by atoms with van der Waals surface area (Å²) in [5, 5.41) is 30.0. The molecule has 0 atom stereocenters. The Kier molecular flexibility index (Phi) is 9.37. The van der Waals surface area contributed by atoms with Crippen LogP contribution in [0.2, 0.25) is 0 Å². The molecule has 2 aliphatic heterocycles. The van der Waals surface area contributed by atoms with Crippen molar-refractivity contribution in [2.24, 2.45) is 0 Å². The Balaban J connectivity index is 1.23. The molecule has 7 rings (SSSR count). The van der Waals surface area contributed by atoms with Crippen LogP contribution in [0.3, 0.4) is 0 Å². The summed E-state index contributed by atoms with van der Waals surface area (Å²) in [5.74, 6) is 0.871. The van der Waals surface area contributed by atoms with Gasteiger partial charge in [0.2, 0.25) is 0 Å². The van der Waals surface area contributed by atoms with E-state index in [9.17, 15) is 10.2 Å². The third-order valence-electron chi connectivity index (χ3n) is 9.49. The molecule has 0 spiro atoms. The van der Waals surface area contributed by atoms with Crippen LogP contribution in [-0.2, 0) is 35.6 Å². The van der Waals surface area contributed by atoms with Crippen LogP contribution in [0, 0.1) is 6.92 Å². The molecular weight excluding hydrogens is 580 g/mol. The van der Waals surface area contributed by atoms with E-state index >= 15 is 0 Å². The minimum absolute atomic E-state index is 0.450. The van der Waals surface area contributed by atoms with E-state index in [1.807, 2.05) is 24.3 Å². The minimum Gasteiger partial charge on any atom is -0.493 e. The Bertz CT molecular complexity index is 1800. The number of para-hydroxylation sites is 1. The maximum atomic E-state index is 10.8. The highest BCUT2D eigenvalue weighted by molar-refractivity contribution is 5.99. The lowest BCUT2D eigenvalue weighted by Crippen LogP contribution is -2.38. The highest BCUT2D eigenvalue weighted by Gasteiger charge is 2.27. The van der Waals surface area contributed by atoms with Gasteiger partial charge in [0.05, 0.1) is 49.9 Å². The van der Waals surface area contributed by atoms with Gasteiger partial charge >= 0.3 is 0 Å². The topological polar surface area (TPSA) is 94.1 Å². The van der Waals surface area contributed by atoms with Crippen molar-refractivity contribution in [3.05, 3.63) is 83.3 Å². The largest absolute Gasteiger partial charge is 0.493 e. The van der Waals surface area contributed by atoms with Gasteiger partial charge in [-0.15, -0.1) is 0 Å². The van der Waals surface area contributed by atoms with Gasteiger partial charge in [-0.2, -0.15) is 5.10 Å². The number of aliphatic hydroxyl groups excluding tert-OH is 1. The van der Waals surface area contributed by atoms with Gasteiger partial charge < -0.3 is 29.0 Å². The van der Waals surface area contributed by atoms with Gasteiger partial charge in [0, 0.05) is 60.4 Å². The normalized spacial score (nSPS) is 16.2. The zero-order chi connectivity index (χ0) is 31.5. The Morgan fingerprint density at radius 2 is 1.67 bits per heavy atom. The first-order valence-corrected chi connectivity index (χ1v) is 16.7. The number of hydrogen-bond donors (Lipinski definition) is 2. The number of benzene rings is 3. The van der Waals surface area contributed by atoms with Crippen molar-refractivity contribution >= 4 is 21.7 Å². The lowest BCUT2D eigenvalue weighted by atomic mass is 9.98. The Morgan fingerprint density at radius 1 is 0.870 bits per heavy atom. The number of morpholine rings is 1. The highest BCUT2D eigenvalue weighted by atomic mass is 16.5. The number of aryl methyl sites for hydroxylation is 2. The van der Waals surface area contributed by atoms with E-state index in [4.69, 9.17) is 19.3 Å². The van der Waals surface area contributed by atoms with Crippen LogP contribution in [-0.4, -0.2) is 75.5 Å². The zero-order valence-electron chi connectivity index (χ0n) is 26.7. The van der Waals surface area contributed by atoms with Gasteiger partial charge in [0.1, 0.15) is 5.75 Å². The molecule has 0 bridgehead atoms. The second-order valence-corrected chi connectivity index (χ2v) is 12.4. The summed E-state index contributed by atoms with van der Waals surface area (Å²) in [4.78, 5) is 2.43. The van der Waals surface area contributed by atoms with Gasteiger partial charge in [-0.1, -0.05) is 54.6 Å². The number of fused-ring (bicyclic) bond motifs is 3. The standard InChI is InChI=1S/C37H44N4O5/c1-26-34-31-13-7-12-29-30(14-8-22-46-33-15-6-10-27-9-2-3-11-28(27)33)36(37(42)43)40(35(29)31)16-4-5-21-45-25-32(34)38-41(26)18-17-39-19-23-44-24-20-39/h2-3,6-7,9-13,15,37,42-43H,4-5,8,14,16-25H2,1H3. The lowest BCUT2D eigenvalue weighted by molar-refractivity contribution is -0.0488. The van der Waals surface area contributed by atoms with Gasteiger partial charge in [0.25, 0.3) is 0 Å². The molecule has 3 aromatic carbocycles. The van der Waals surface area contributed by atoms with Crippen LogP contribution in [0.1, 0.15) is 48.2 Å². The molecule has 242 valence electrons. The molecule has 1 fully saturated rings. The molecule has 4 heterocycles. The van der Waals surface area contributed by atoms with Crippen LogP contribution < -0.4 is 4.74 Å². The average Bonchev–Trinajstić information content (AvgIpc) is 3.56. The molecule has 2 N–H and O–H groups in total. The van der Waals surface area contributed by atoms with Crippen molar-refractivity contribution in [2.45, 2.75) is 58.6 Å². The van der Waals surface area contributed by atoms with Crippen LogP contribution >= 0.6 is 0 Å². The van der Waals surface area contributed by atoms with Crippen LogP contribution in [0.25, 0.3) is 32.8 Å². The van der Waals surface area contributed by atoms with E-state index in [0.717, 1.165) is 114 Å². The first-order chi connectivity index (χ1) is 22.6. The predicted octanol–water partition coefficient (Wildman–Crippen LogP) is 5.60. The molecule has 2 aliphatic rings. The summed E-state index contributed by atoms with van der Waals surface area (Å²) in [6, 6.07) is 20.7. The molecule has 2 aromatic heterocycles. The van der Waals surface area contributed by atoms with E-state index in [0.29, 0.717) is 38.5 Å². The molecule has 0 aliphatic carbocycles. The van der Waals surface area contributed by atoms with Crippen LogP contribution in [0.5, 0.6) is 5.75 Å². The second-order valence-electron chi connectivity index (χ2n) is 12.4. The third kappa shape index (κ3) is 6.18. The average molecular weight is 625 g/mol. The summed E-state index contributed by atoms with van der Waals surface area (Å²) < 4.78 is 22.2. The Hall–Kier alpha value is -3.73. The fourth-order valence-electron chi connectivity index (χ4n) is 7.23. The molecule has 46 heavy (non-hydrogen) atoms. The fourth-order valence-corrected chi connectivity index (χ4v) is 7.23. The third-order valence-corrected chi connectivity index (χ3v) is 9.49. The van der Waals surface area contributed by atoms with Crippen molar-refractivity contribution in [1.29, 1.82) is 0 Å². The van der Waals surface area contributed by atoms with Crippen molar-refractivity contribution in [3.8, 4) is 16.9 Å². The quantitative estimate of drug-likeness (QED) is 0.163. The molecule has 9 heteroatoms. The number of ether oxygens (including phenoxy) is 3. The smallest absolute Gasteiger partial charge is 0.194 e. The van der Waals surface area contributed by atoms with Gasteiger partial charge in [-0.05, 0) is 49.6 Å². The molecule has 0 radical (unpaired) electrons. The van der Waals surface area contributed by atoms with Gasteiger partial charge in [-0.25, -0.2) is 0 Å². The second kappa shape index (κ2) is 13.9. The summed E-state index contributed by atoms with van der Waals surface area (Å²) in [5.41, 5.74) is 6.76. The van der Waals surface area contributed by atoms with E-state index in [2.05, 4.69) is 57.5 Å². The summed E-state index contributed by atoms with van der Waals surface area (Å²) >= 11 is 0. The van der Waals surface area contributed by atoms with E-state index in [1.54, 1.807) is 0 Å². The molecule has 9 nitrogen and oxygen atoms in total. The maximum Gasteiger partial charge on any atom is 0.194 e. The Labute approximate surface area is 269 Å². The number of aliphatic hydroxyl groups is 2. The molecule has 1 saturated heterocycles. The molecule has 0 amide bonds. The van der Waals surface area contributed by atoms with E-state index in [-0.39, 0.29) is 0 Å². The fraction of sp³-hybridized carbons (Fsp3) is 0.432. The first-order valence-electron chi connectivity index (χ1n) is 16.7.